The first-order valence-corrected chi connectivity index (χ1v) is 6.36. The summed E-state index contributed by atoms with van der Waals surface area (Å²) >= 11 is 0. The largest absolute Gasteiger partial charge is 0.465 e. The molecule has 0 aliphatic rings. The van der Waals surface area contributed by atoms with Crippen LogP contribution in [0.4, 0.5) is 0 Å². The molecule has 98 valence electrons. The summed E-state index contributed by atoms with van der Waals surface area (Å²) in [4.78, 5) is 0. The maximum Gasteiger partial charge on any atom is 0.203 e. The fourth-order valence-electron chi connectivity index (χ4n) is 1.81. The summed E-state index contributed by atoms with van der Waals surface area (Å²) in [5.41, 5.74) is 0. The predicted octanol–water partition coefficient (Wildman–Crippen LogP) is 4.20. The molecule has 0 aromatic heterocycles. The normalized spacial score (nSPS) is 12.1. The average molecular weight is 246 g/mol. The van der Waals surface area contributed by atoms with Crippen LogP contribution in [0.15, 0.2) is 55.6 Å². The van der Waals surface area contributed by atoms with Crippen molar-refractivity contribution in [3.63, 3.8) is 0 Å². The quantitative estimate of drug-likeness (QED) is 0.480. The fourth-order valence-corrected chi connectivity index (χ4v) is 1.81. The van der Waals surface area contributed by atoms with Crippen LogP contribution in [0.1, 0.15) is 19.8 Å². The number of ether oxygens (including phenoxy) is 2. The van der Waals surface area contributed by atoms with Gasteiger partial charge < -0.3 is 9.47 Å². The van der Waals surface area contributed by atoms with Crippen LogP contribution in [0.3, 0.4) is 0 Å². The van der Waals surface area contributed by atoms with Crippen LogP contribution in [0.2, 0.25) is 0 Å². The molecule has 0 heterocycles. The highest BCUT2D eigenvalue weighted by Gasteiger charge is 2.21. The van der Waals surface area contributed by atoms with Crippen molar-refractivity contribution in [1.29, 1.82) is 0 Å². The number of hydrogen-bond acceptors (Lipinski definition) is 2. The van der Waals surface area contributed by atoms with Crippen LogP contribution in [-0.4, -0.2) is 12.9 Å². The molecule has 1 aromatic carbocycles. The number of hydrogen-bond donors (Lipinski definition) is 0. The second kappa shape index (κ2) is 8.54. The van der Waals surface area contributed by atoms with Crippen molar-refractivity contribution in [1.82, 2.24) is 0 Å². The molecule has 0 saturated carbocycles. The lowest BCUT2D eigenvalue weighted by molar-refractivity contribution is -0.110. The molecule has 0 bridgehead atoms. The smallest absolute Gasteiger partial charge is 0.203 e. The third-order valence-electron chi connectivity index (χ3n) is 2.65. The summed E-state index contributed by atoms with van der Waals surface area (Å²) in [6.07, 6.45) is 5.24. The molecule has 1 rings (SSSR count). The molecule has 0 fully saturated rings. The maximum atomic E-state index is 5.90. The Kier molecular flexibility index (Phi) is 6.89. The van der Waals surface area contributed by atoms with Gasteiger partial charge in [-0.25, -0.2) is 0 Å². The second-order valence-electron chi connectivity index (χ2n) is 4.06. The van der Waals surface area contributed by atoms with Gasteiger partial charge in [0.05, 0.1) is 0 Å². The first-order valence-electron chi connectivity index (χ1n) is 6.36. The lowest BCUT2D eigenvalue weighted by Gasteiger charge is -2.26. The van der Waals surface area contributed by atoms with E-state index in [0.29, 0.717) is 6.61 Å². The van der Waals surface area contributed by atoms with E-state index in [2.05, 4.69) is 13.2 Å². The third kappa shape index (κ3) is 4.76. The molecular formula is C16H22O2. The van der Waals surface area contributed by atoms with E-state index in [1.807, 2.05) is 49.4 Å². The highest BCUT2D eigenvalue weighted by molar-refractivity contribution is 5.21. The van der Waals surface area contributed by atoms with Crippen LogP contribution in [0.5, 0.6) is 5.75 Å². The Balaban J connectivity index is 2.72. The Hall–Kier alpha value is -1.54. The summed E-state index contributed by atoms with van der Waals surface area (Å²) in [5, 5.41) is 0. The highest BCUT2D eigenvalue weighted by Crippen LogP contribution is 2.22. The van der Waals surface area contributed by atoms with Gasteiger partial charge in [-0.3, -0.25) is 0 Å². The Morgan fingerprint density at radius 3 is 2.22 bits per heavy atom. The predicted molar refractivity (Wildman–Crippen MR) is 75.6 cm³/mol. The van der Waals surface area contributed by atoms with Crippen molar-refractivity contribution in [3.8, 4) is 5.75 Å². The SMILES string of the molecule is C=CCC(CC=C)C(OCC)Oc1ccccc1. The molecule has 0 aliphatic heterocycles. The number of allylic oxidation sites excluding steroid dienone is 2. The first-order chi connectivity index (χ1) is 8.81. The maximum absolute atomic E-state index is 5.90. The molecule has 0 spiro atoms. The minimum atomic E-state index is -0.256. The topological polar surface area (TPSA) is 18.5 Å². The van der Waals surface area contributed by atoms with Crippen molar-refractivity contribution in [2.45, 2.75) is 26.1 Å². The van der Waals surface area contributed by atoms with E-state index in [0.717, 1.165) is 18.6 Å². The number of benzene rings is 1. The van der Waals surface area contributed by atoms with Gasteiger partial charge in [-0.2, -0.15) is 0 Å². The fraction of sp³-hybridized carbons (Fsp3) is 0.375. The van der Waals surface area contributed by atoms with Crippen LogP contribution >= 0.6 is 0 Å². The lowest BCUT2D eigenvalue weighted by atomic mass is 10.0. The zero-order valence-electron chi connectivity index (χ0n) is 11.0. The standard InChI is InChI=1S/C16H22O2/c1-4-10-14(11-5-2)16(17-6-3)18-15-12-8-7-9-13-15/h4-5,7-9,12-14,16H,1-2,6,10-11H2,3H3. The van der Waals surface area contributed by atoms with Crippen LogP contribution < -0.4 is 4.74 Å². The monoisotopic (exact) mass is 246 g/mol. The van der Waals surface area contributed by atoms with Crippen LogP contribution in [-0.2, 0) is 4.74 Å². The number of rotatable bonds is 9. The molecule has 0 saturated heterocycles. The Bertz CT molecular complexity index is 335. The summed E-state index contributed by atoms with van der Waals surface area (Å²) in [6.45, 7) is 10.2. The summed E-state index contributed by atoms with van der Waals surface area (Å²) < 4.78 is 11.6. The molecule has 0 N–H and O–H groups in total. The zero-order valence-corrected chi connectivity index (χ0v) is 11.0. The van der Waals surface area contributed by atoms with E-state index in [-0.39, 0.29) is 12.2 Å². The molecule has 1 unspecified atom stereocenters. The van der Waals surface area contributed by atoms with E-state index in [1.165, 1.54) is 0 Å². The van der Waals surface area contributed by atoms with Crippen LogP contribution in [0.25, 0.3) is 0 Å². The third-order valence-corrected chi connectivity index (χ3v) is 2.65. The highest BCUT2D eigenvalue weighted by atomic mass is 16.7. The summed E-state index contributed by atoms with van der Waals surface area (Å²) in [5.74, 6) is 1.08. The first kappa shape index (κ1) is 14.5. The van der Waals surface area contributed by atoms with Gasteiger partial charge in [0.25, 0.3) is 0 Å². The minimum Gasteiger partial charge on any atom is -0.465 e. The van der Waals surface area contributed by atoms with Crippen molar-refractivity contribution in [2.75, 3.05) is 6.61 Å². The van der Waals surface area contributed by atoms with Crippen molar-refractivity contribution >= 4 is 0 Å². The van der Waals surface area contributed by atoms with Gasteiger partial charge in [0.2, 0.25) is 6.29 Å². The minimum absolute atomic E-state index is 0.250. The van der Waals surface area contributed by atoms with E-state index < -0.39 is 0 Å². The van der Waals surface area contributed by atoms with Gasteiger partial charge in [-0.05, 0) is 31.9 Å². The van der Waals surface area contributed by atoms with E-state index >= 15 is 0 Å². The molecule has 0 aliphatic carbocycles. The molecule has 1 aromatic rings. The summed E-state index contributed by atoms with van der Waals surface area (Å²) in [7, 11) is 0. The number of para-hydroxylation sites is 1. The van der Waals surface area contributed by atoms with Gasteiger partial charge in [0, 0.05) is 12.5 Å². The molecule has 1 atom stereocenters. The van der Waals surface area contributed by atoms with Gasteiger partial charge in [-0.15, -0.1) is 13.2 Å². The zero-order chi connectivity index (χ0) is 13.2. The molecule has 18 heavy (non-hydrogen) atoms. The Morgan fingerprint density at radius 2 is 1.72 bits per heavy atom. The van der Waals surface area contributed by atoms with E-state index in [9.17, 15) is 0 Å². The Labute approximate surface area is 110 Å². The van der Waals surface area contributed by atoms with Crippen molar-refractivity contribution in [2.24, 2.45) is 5.92 Å². The average Bonchev–Trinajstić information content (AvgIpc) is 2.39. The van der Waals surface area contributed by atoms with Gasteiger partial charge in [-0.1, -0.05) is 30.4 Å². The summed E-state index contributed by atoms with van der Waals surface area (Å²) in [6, 6.07) is 9.74. The molecular weight excluding hydrogens is 224 g/mol. The van der Waals surface area contributed by atoms with Crippen LogP contribution in [0, 0.1) is 5.92 Å². The molecule has 2 nitrogen and oxygen atoms in total. The van der Waals surface area contributed by atoms with Crippen molar-refractivity contribution < 1.29 is 9.47 Å². The van der Waals surface area contributed by atoms with Gasteiger partial charge in [0.15, 0.2) is 0 Å². The Morgan fingerprint density at radius 1 is 1.11 bits per heavy atom. The van der Waals surface area contributed by atoms with E-state index in [1.54, 1.807) is 0 Å². The van der Waals surface area contributed by atoms with Crippen molar-refractivity contribution in [3.05, 3.63) is 55.6 Å². The van der Waals surface area contributed by atoms with Gasteiger partial charge in [0.1, 0.15) is 5.75 Å². The van der Waals surface area contributed by atoms with Gasteiger partial charge >= 0.3 is 0 Å². The second-order valence-corrected chi connectivity index (χ2v) is 4.06. The molecule has 0 radical (unpaired) electrons. The molecule has 0 amide bonds. The molecule has 2 heteroatoms. The van der Waals surface area contributed by atoms with E-state index in [4.69, 9.17) is 9.47 Å². The lowest BCUT2D eigenvalue weighted by Crippen LogP contribution is -2.29.